The topological polar surface area (TPSA) is 35.5 Å². The minimum Gasteiger partial charge on any atom is -0.497 e. The van der Waals surface area contributed by atoms with Gasteiger partial charge in [-0.1, -0.05) is 19.4 Å². The van der Waals surface area contributed by atoms with Crippen molar-refractivity contribution in [2.75, 3.05) is 7.11 Å². The molecule has 0 spiro atoms. The number of benzene rings is 1. The van der Waals surface area contributed by atoms with E-state index in [1.165, 1.54) is 6.42 Å². The highest BCUT2D eigenvalue weighted by Crippen LogP contribution is 2.27. The van der Waals surface area contributed by atoms with E-state index in [9.17, 15) is 4.79 Å². The van der Waals surface area contributed by atoms with Gasteiger partial charge in [0, 0.05) is 0 Å². The highest BCUT2D eigenvalue weighted by atomic mass is 16.5. The molecule has 0 heterocycles. The third-order valence-electron chi connectivity index (χ3n) is 3.60. The van der Waals surface area contributed by atoms with E-state index in [4.69, 9.17) is 9.47 Å². The summed E-state index contributed by atoms with van der Waals surface area (Å²) in [4.78, 5) is 12.0. The van der Waals surface area contributed by atoms with E-state index in [2.05, 4.69) is 6.92 Å². The third kappa shape index (κ3) is 3.03. The van der Waals surface area contributed by atoms with Crippen LogP contribution in [0.15, 0.2) is 24.3 Å². The van der Waals surface area contributed by atoms with Gasteiger partial charge in [-0.3, -0.25) is 0 Å². The summed E-state index contributed by atoms with van der Waals surface area (Å²) in [6.07, 6.45) is 4.60. The molecule has 3 heteroatoms. The third-order valence-corrected chi connectivity index (χ3v) is 3.60. The molecule has 0 aromatic heterocycles. The van der Waals surface area contributed by atoms with E-state index in [0.717, 1.165) is 19.3 Å². The standard InChI is InChI=1S/C15H20O3/c1-11-6-3-4-9-14(11)18-15(16)12-7-5-8-13(10-12)17-2/h5,7-8,10-11,14H,3-4,6,9H2,1-2H3/t11-,14+/m1/s1. The van der Waals surface area contributed by atoms with Gasteiger partial charge < -0.3 is 9.47 Å². The first-order valence-electron chi connectivity index (χ1n) is 6.55. The van der Waals surface area contributed by atoms with Gasteiger partial charge in [-0.25, -0.2) is 4.79 Å². The van der Waals surface area contributed by atoms with Gasteiger partial charge in [0.2, 0.25) is 0 Å². The van der Waals surface area contributed by atoms with Crippen molar-refractivity contribution >= 4 is 5.97 Å². The quantitative estimate of drug-likeness (QED) is 0.769. The fourth-order valence-corrected chi connectivity index (χ4v) is 2.41. The van der Waals surface area contributed by atoms with Gasteiger partial charge in [-0.15, -0.1) is 0 Å². The van der Waals surface area contributed by atoms with E-state index in [1.807, 2.05) is 6.07 Å². The minimum atomic E-state index is -0.243. The fraction of sp³-hybridized carbons (Fsp3) is 0.533. The van der Waals surface area contributed by atoms with Crippen LogP contribution < -0.4 is 4.74 Å². The zero-order valence-corrected chi connectivity index (χ0v) is 11.0. The van der Waals surface area contributed by atoms with Crippen molar-refractivity contribution in [1.82, 2.24) is 0 Å². The Kier molecular flexibility index (Phi) is 4.24. The number of carbonyl (C=O) groups excluding carboxylic acids is 1. The molecule has 1 aliphatic carbocycles. The van der Waals surface area contributed by atoms with E-state index < -0.39 is 0 Å². The van der Waals surface area contributed by atoms with Crippen molar-refractivity contribution < 1.29 is 14.3 Å². The molecule has 1 fully saturated rings. The lowest BCUT2D eigenvalue weighted by molar-refractivity contribution is 0.00478. The first-order chi connectivity index (χ1) is 8.70. The number of hydrogen-bond donors (Lipinski definition) is 0. The van der Waals surface area contributed by atoms with Crippen LogP contribution >= 0.6 is 0 Å². The van der Waals surface area contributed by atoms with Crippen LogP contribution in [0.2, 0.25) is 0 Å². The molecule has 0 N–H and O–H groups in total. The monoisotopic (exact) mass is 248 g/mol. The van der Waals surface area contributed by atoms with Crippen molar-refractivity contribution in [2.45, 2.75) is 38.7 Å². The zero-order valence-electron chi connectivity index (χ0n) is 11.0. The number of hydrogen-bond acceptors (Lipinski definition) is 3. The van der Waals surface area contributed by atoms with E-state index in [0.29, 0.717) is 17.2 Å². The summed E-state index contributed by atoms with van der Waals surface area (Å²) >= 11 is 0. The second-order valence-corrected chi connectivity index (χ2v) is 4.94. The molecule has 0 amide bonds. The molecule has 0 unspecified atom stereocenters. The largest absolute Gasteiger partial charge is 0.497 e. The summed E-state index contributed by atoms with van der Waals surface area (Å²) in [7, 11) is 1.59. The average molecular weight is 248 g/mol. The van der Waals surface area contributed by atoms with Gasteiger partial charge in [0.15, 0.2) is 0 Å². The molecule has 0 saturated heterocycles. The van der Waals surface area contributed by atoms with Gasteiger partial charge in [0.05, 0.1) is 12.7 Å². The highest BCUT2D eigenvalue weighted by Gasteiger charge is 2.25. The van der Waals surface area contributed by atoms with E-state index in [-0.39, 0.29) is 12.1 Å². The maximum Gasteiger partial charge on any atom is 0.338 e. The van der Waals surface area contributed by atoms with Crippen molar-refractivity contribution in [3.8, 4) is 5.75 Å². The van der Waals surface area contributed by atoms with Crippen LogP contribution in [0.1, 0.15) is 43.0 Å². The lowest BCUT2D eigenvalue weighted by Gasteiger charge is -2.28. The van der Waals surface area contributed by atoms with Crippen LogP contribution in [0.25, 0.3) is 0 Å². The average Bonchev–Trinajstić information content (AvgIpc) is 2.41. The van der Waals surface area contributed by atoms with Crippen LogP contribution in [0.3, 0.4) is 0 Å². The summed E-state index contributed by atoms with van der Waals surface area (Å²) in [6, 6.07) is 7.11. The Morgan fingerprint density at radius 1 is 1.28 bits per heavy atom. The van der Waals surface area contributed by atoms with Crippen LogP contribution in [0.5, 0.6) is 5.75 Å². The predicted molar refractivity (Wildman–Crippen MR) is 69.8 cm³/mol. The maximum atomic E-state index is 12.0. The van der Waals surface area contributed by atoms with Crippen LogP contribution in [-0.4, -0.2) is 19.2 Å². The number of methoxy groups -OCH3 is 1. The number of esters is 1. The summed E-state index contributed by atoms with van der Waals surface area (Å²) in [6.45, 7) is 2.16. The predicted octanol–water partition coefficient (Wildman–Crippen LogP) is 3.43. The highest BCUT2D eigenvalue weighted by molar-refractivity contribution is 5.90. The first-order valence-corrected chi connectivity index (χ1v) is 6.55. The molecule has 0 radical (unpaired) electrons. The second-order valence-electron chi connectivity index (χ2n) is 4.94. The summed E-state index contributed by atoms with van der Waals surface area (Å²) in [5.41, 5.74) is 0.562. The molecule has 1 saturated carbocycles. The van der Waals surface area contributed by atoms with Gasteiger partial charge in [-0.2, -0.15) is 0 Å². The number of rotatable bonds is 3. The molecule has 1 aromatic rings. The lowest BCUT2D eigenvalue weighted by Crippen LogP contribution is -2.28. The van der Waals surface area contributed by atoms with Gasteiger partial charge >= 0.3 is 5.97 Å². The van der Waals surface area contributed by atoms with Crippen LogP contribution in [0.4, 0.5) is 0 Å². The Morgan fingerprint density at radius 3 is 2.78 bits per heavy atom. The van der Waals surface area contributed by atoms with Gasteiger partial charge in [-0.05, 0) is 43.4 Å². The molecular weight excluding hydrogens is 228 g/mol. The SMILES string of the molecule is COc1cccc(C(=O)O[C@H]2CCCC[C@H]2C)c1. The minimum absolute atomic E-state index is 0.0671. The number of carbonyl (C=O) groups is 1. The zero-order chi connectivity index (χ0) is 13.0. The molecule has 98 valence electrons. The lowest BCUT2D eigenvalue weighted by atomic mass is 9.88. The van der Waals surface area contributed by atoms with Gasteiger partial charge in [0.25, 0.3) is 0 Å². The summed E-state index contributed by atoms with van der Waals surface area (Å²) < 4.78 is 10.7. The summed E-state index contributed by atoms with van der Waals surface area (Å²) in [5, 5.41) is 0. The smallest absolute Gasteiger partial charge is 0.338 e. The second kappa shape index (κ2) is 5.89. The summed E-state index contributed by atoms with van der Waals surface area (Å²) in [5.74, 6) is 0.905. The molecule has 1 aromatic carbocycles. The molecular formula is C15H20O3. The van der Waals surface area contributed by atoms with Crippen molar-refractivity contribution in [1.29, 1.82) is 0 Å². The Morgan fingerprint density at radius 2 is 2.06 bits per heavy atom. The Hall–Kier alpha value is -1.51. The van der Waals surface area contributed by atoms with Gasteiger partial charge in [0.1, 0.15) is 11.9 Å². The van der Waals surface area contributed by atoms with Crippen molar-refractivity contribution in [2.24, 2.45) is 5.92 Å². The molecule has 0 aliphatic heterocycles. The Bertz CT molecular complexity index is 414. The molecule has 0 bridgehead atoms. The van der Waals surface area contributed by atoms with Crippen molar-refractivity contribution in [3.63, 3.8) is 0 Å². The molecule has 2 rings (SSSR count). The van der Waals surface area contributed by atoms with Crippen molar-refractivity contribution in [3.05, 3.63) is 29.8 Å². The maximum absolute atomic E-state index is 12.0. The fourth-order valence-electron chi connectivity index (χ4n) is 2.41. The molecule has 3 nitrogen and oxygen atoms in total. The van der Waals surface area contributed by atoms with Crippen LogP contribution in [-0.2, 0) is 4.74 Å². The molecule has 18 heavy (non-hydrogen) atoms. The molecule has 1 aliphatic rings. The van der Waals surface area contributed by atoms with Crippen LogP contribution in [0, 0.1) is 5.92 Å². The normalized spacial score (nSPS) is 23.4. The first kappa shape index (κ1) is 12.9. The number of ether oxygens (including phenoxy) is 2. The Balaban J connectivity index is 2.02. The molecule has 2 atom stereocenters. The van der Waals surface area contributed by atoms with E-state index >= 15 is 0 Å². The Labute approximate surface area is 108 Å². The van der Waals surface area contributed by atoms with E-state index in [1.54, 1.807) is 25.3 Å².